The van der Waals surface area contributed by atoms with Crippen molar-refractivity contribution in [3.63, 3.8) is 0 Å². The molecule has 4 heteroatoms. The lowest BCUT2D eigenvalue weighted by molar-refractivity contribution is 0.289. The Balaban J connectivity index is 1.93. The van der Waals surface area contributed by atoms with E-state index in [2.05, 4.69) is 23.2 Å². The third-order valence-electron chi connectivity index (χ3n) is 3.54. The molecule has 0 unspecified atom stereocenters. The molecule has 0 amide bonds. The highest BCUT2D eigenvalue weighted by Gasteiger charge is 2.27. The van der Waals surface area contributed by atoms with E-state index in [0.29, 0.717) is 0 Å². The van der Waals surface area contributed by atoms with Crippen LogP contribution in [0.3, 0.4) is 0 Å². The van der Waals surface area contributed by atoms with Gasteiger partial charge in [0.1, 0.15) is 6.07 Å². The van der Waals surface area contributed by atoms with Crippen LogP contribution < -0.4 is 5.32 Å². The first-order chi connectivity index (χ1) is 9.30. The van der Waals surface area contributed by atoms with Crippen molar-refractivity contribution in [1.29, 1.82) is 5.26 Å². The van der Waals surface area contributed by atoms with E-state index < -0.39 is 0 Å². The number of nitriles is 1. The van der Waals surface area contributed by atoms with E-state index in [9.17, 15) is 5.26 Å². The van der Waals surface area contributed by atoms with Gasteiger partial charge >= 0.3 is 0 Å². The van der Waals surface area contributed by atoms with Crippen LogP contribution in [0.15, 0.2) is 23.1 Å². The highest BCUT2D eigenvalue weighted by molar-refractivity contribution is 7.98. The molecule has 0 heterocycles. The first kappa shape index (κ1) is 14.2. The van der Waals surface area contributed by atoms with Crippen molar-refractivity contribution in [2.45, 2.75) is 30.7 Å². The normalized spacial score (nSPS) is 14.4. The fraction of sp³-hybridized carbons (Fsp3) is 0.533. The summed E-state index contributed by atoms with van der Waals surface area (Å²) in [6.45, 7) is 5.28. The fourth-order valence-corrected chi connectivity index (χ4v) is 2.91. The van der Waals surface area contributed by atoms with Crippen LogP contribution in [0, 0.1) is 11.3 Å². The summed E-state index contributed by atoms with van der Waals surface area (Å²) >= 11 is 1.62. The van der Waals surface area contributed by atoms with E-state index in [1.807, 2.05) is 24.5 Å². The van der Waals surface area contributed by atoms with E-state index in [4.69, 9.17) is 0 Å². The molecule has 1 saturated carbocycles. The Morgan fingerprint density at radius 1 is 1.47 bits per heavy atom. The number of hydrogen-bond acceptors (Lipinski definition) is 4. The Morgan fingerprint density at radius 2 is 2.26 bits per heavy atom. The highest BCUT2D eigenvalue weighted by atomic mass is 32.2. The van der Waals surface area contributed by atoms with Crippen molar-refractivity contribution in [3.8, 4) is 6.07 Å². The van der Waals surface area contributed by atoms with Crippen LogP contribution in [-0.2, 0) is 0 Å². The number of likely N-dealkylation sites (N-methyl/N-ethyl adjacent to an activating group) is 1. The minimum Gasteiger partial charge on any atom is -0.383 e. The zero-order chi connectivity index (χ0) is 13.7. The number of anilines is 1. The van der Waals surface area contributed by atoms with Gasteiger partial charge in [0.25, 0.3) is 0 Å². The minimum atomic E-state index is 0.768. The minimum absolute atomic E-state index is 0.768. The monoisotopic (exact) mass is 275 g/mol. The average Bonchev–Trinajstić information content (AvgIpc) is 3.27. The molecule has 19 heavy (non-hydrogen) atoms. The van der Waals surface area contributed by atoms with E-state index >= 15 is 0 Å². The first-order valence-electron chi connectivity index (χ1n) is 6.85. The molecule has 0 radical (unpaired) electrons. The van der Waals surface area contributed by atoms with Gasteiger partial charge in [-0.15, -0.1) is 11.8 Å². The van der Waals surface area contributed by atoms with E-state index in [-0.39, 0.29) is 0 Å². The molecule has 0 bridgehead atoms. The molecule has 1 fully saturated rings. The molecular formula is C15H21N3S. The van der Waals surface area contributed by atoms with Crippen LogP contribution >= 0.6 is 11.8 Å². The maximum atomic E-state index is 9.27. The maximum Gasteiger partial charge on any atom is 0.102 e. The lowest BCUT2D eigenvalue weighted by Crippen LogP contribution is -2.31. The zero-order valence-corrected chi connectivity index (χ0v) is 12.5. The molecular weight excluding hydrogens is 254 g/mol. The predicted octanol–water partition coefficient (Wildman–Crippen LogP) is 3.18. The number of nitrogens with one attached hydrogen (secondary N) is 1. The van der Waals surface area contributed by atoms with Gasteiger partial charge in [-0.25, -0.2) is 0 Å². The largest absolute Gasteiger partial charge is 0.383 e. The topological polar surface area (TPSA) is 39.1 Å². The maximum absolute atomic E-state index is 9.27. The van der Waals surface area contributed by atoms with Gasteiger partial charge in [-0.05, 0) is 37.8 Å². The standard InChI is InChI=1S/C15H21N3S/c1-3-18(12-7-8-12)10-9-17-14-5-4-6-15(19-2)13(14)11-16/h4-6,12,17H,3,7-10H2,1-2H3. The second-order valence-corrected chi connectivity index (χ2v) is 5.63. The van der Waals surface area contributed by atoms with Crippen molar-refractivity contribution < 1.29 is 0 Å². The molecule has 3 nitrogen and oxygen atoms in total. The Morgan fingerprint density at radius 3 is 2.84 bits per heavy atom. The van der Waals surface area contributed by atoms with Crippen LogP contribution in [0.5, 0.6) is 0 Å². The van der Waals surface area contributed by atoms with Crippen molar-refractivity contribution >= 4 is 17.4 Å². The van der Waals surface area contributed by atoms with Gasteiger partial charge in [-0.3, -0.25) is 4.90 Å². The van der Waals surface area contributed by atoms with Gasteiger partial charge in [0.2, 0.25) is 0 Å². The molecule has 2 rings (SSSR count). The number of thioether (sulfide) groups is 1. The first-order valence-corrected chi connectivity index (χ1v) is 8.07. The summed E-state index contributed by atoms with van der Waals surface area (Å²) in [5.74, 6) is 0. The number of benzene rings is 1. The van der Waals surface area contributed by atoms with E-state index in [1.54, 1.807) is 11.8 Å². The molecule has 1 aromatic rings. The third kappa shape index (κ3) is 3.65. The van der Waals surface area contributed by atoms with Crippen LogP contribution in [-0.4, -0.2) is 36.8 Å². The zero-order valence-electron chi connectivity index (χ0n) is 11.6. The number of hydrogen-bond donors (Lipinski definition) is 1. The second-order valence-electron chi connectivity index (χ2n) is 4.78. The second kappa shape index (κ2) is 6.83. The summed E-state index contributed by atoms with van der Waals surface area (Å²) in [7, 11) is 0. The van der Waals surface area contributed by atoms with Crippen molar-refractivity contribution in [2.24, 2.45) is 0 Å². The summed E-state index contributed by atoms with van der Waals surface area (Å²) in [5, 5.41) is 12.7. The molecule has 1 aliphatic carbocycles. The summed E-state index contributed by atoms with van der Waals surface area (Å²) in [6.07, 6.45) is 4.70. The smallest absolute Gasteiger partial charge is 0.102 e. The SMILES string of the molecule is CCN(CCNc1cccc(SC)c1C#N)C1CC1. The van der Waals surface area contributed by atoms with Gasteiger partial charge in [0, 0.05) is 24.0 Å². The molecule has 1 aromatic carbocycles. The Hall–Kier alpha value is -1.18. The summed E-state index contributed by atoms with van der Waals surface area (Å²) < 4.78 is 0. The van der Waals surface area contributed by atoms with E-state index in [0.717, 1.165) is 41.8 Å². The molecule has 0 saturated heterocycles. The van der Waals surface area contributed by atoms with Gasteiger partial charge in [0.15, 0.2) is 0 Å². The molecule has 0 spiro atoms. The van der Waals surface area contributed by atoms with Crippen molar-refractivity contribution in [2.75, 3.05) is 31.2 Å². The Kier molecular flexibility index (Phi) is 5.12. The van der Waals surface area contributed by atoms with Gasteiger partial charge in [-0.2, -0.15) is 5.26 Å². The summed E-state index contributed by atoms with van der Waals surface area (Å²) in [6, 6.07) is 9.11. The average molecular weight is 275 g/mol. The fourth-order valence-electron chi connectivity index (χ4n) is 2.34. The highest BCUT2D eigenvalue weighted by Crippen LogP contribution is 2.27. The van der Waals surface area contributed by atoms with Crippen molar-refractivity contribution in [1.82, 2.24) is 4.90 Å². The molecule has 0 aliphatic heterocycles. The van der Waals surface area contributed by atoms with Crippen LogP contribution in [0.1, 0.15) is 25.3 Å². The predicted molar refractivity (Wildman–Crippen MR) is 81.7 cm³/mol. The molecule has 1 aliphatic rings. The van der Waals surface area contributed by atoms with E-state index in [1.165, 1.54) is 12.8 Å². The van der Waals surface area contributed by atoms with Gasteiger partial charge in [0.05, 0.1) is 11.3 Å². The Labute approximate surface area is 120 Å². The van der Waals surface area contributed by atoms with Crippen LogP contribution in [0.2, 0.25) is 0 Å². The molecule has 0 atom stereocenters. The Bertz CT molecular complexity index is 463. The number of rotatable bonds is 7. The number of nitrogens with zero attached hydrogens (tertiary/aromatic N) is 2. The van der Waals surface area contributed by atoms with Crippen LogP contribution in [0.4, 0.5) is 5.69 Å². The third-order valence-corrected chi connectivity index (χ3v) is 4.32. The summed E-state index contributed by atoms with van der Waals surface area (Å²) in [4.78, 5) is 3.55. The lowest BCUT2D eigenvalue weighted by atomic mass is 10.2. The van der Waals surface area contributed by atoms with Crippen LogP contribution in [0.25, 0.3) is 0 Å². The van der Waals surface area contributed by atoms with Crippen molar-refractivity contribution in [3.05, 3.63) is 23.8 Å². The van der Waals surface area contributed by atoms with Gasteiger partial charge in [-0.1, -0.05) is 13.0 Å². The molecule has 0 aromatic heterocycles. The quantitative estimate of drug-likeness (QED) is 0.776. The summed E-state index contributed by atoms with van der Waals surface area (Å²) in [5.41, 5.74) is 1.73. The molecule has 1 N–H and O–H groups in total. The van der Waals surface area contributed by atoms with Gasteiger partial charge < -0.3 is 5.32 Å². The molecule has 102 valence electrons. The lowest BCUT2D eigenvalue weighted by Gasteiger charge is -2.20.